The van der Waals surface area contributed by atoms with E-state index in [2.05, 4.69) is 13.5 Å². The van der Waals surface area contributed by atoms with Crippen LogP contribution in [-0.4, -0.2) is 41.2 Å². The van der Waals surface area contributed by atoms with Crippen molar-refractivity contribution < 1.29 is 22.8 Å². The van der Waals surface area contributed by atoms with Crippen LogP contribution >= 0.6 is 0 Å². The first-order chi connectivity index (χ1) is 14.1. The van der Waals surface area contributed by atoms with Gasteiger partial charge in [0.15, 0.2) is 0 Å². The molecule has 29 heavy (non-hydrogen) atoms. The monoisotopic (exact) mass is 430 g/mol. The lowest BCUT2D eigenvalue weighted by atomic mass is 10.1. The van der Waals surface area contributed by atoms with Crippen LogP contribution in [0.5, 0.6) is 0 Å². The molecular weight excluding hydrogens is 384 g/mol. The first kappa shape index (κ1) is 28.3. The van der Waals surface area contributed by atoms with Gasteiger partial charge in [-0.3, -0.25) is 0 Å². The minimum absolute atomic E-state index is 0.193. The molecule has 0 bridgehead atoms. The van der Waals surface area contributed by atoms with E-state index in [1.807, 2.05) is 13.8 Å². The van der Waals surface area contributed by atoms with Gasteiger partial charge in [0.05, 0.1) is 6.61 Å². The number of carbonyl (C=O) groups excluding carboxylic acids is 1. The van der Waals surface area contributed by atoms with Crippen LogP contribution in [0, 0.1) is 0 Å². The molecule has 0 rings (SSSR count). The molecule has 6 heteroatoms. The van der Waals surface area contributed by atoms with E-state index in [0.717, 1.165) is 18.5 Å². The zero-order chi connectivity index (χ0) is 21.6. The summed E-state index contributed by atoms with van der Waals surface area (Å²) in [7, 11) is -2.69. The second-order valence-electron chi connectivity index (χ2n) is 7.41. The molecule has 0 aromatic heterocycles. The maximum absolute atomic E-state index is 11.1. The fourth-order valence-electron chi connectivity index (χ4n) is 3.36. The Labute approximate surface area is 180 Å². The Kier molecular flexibility index (Phi) is 20.1. The van der Waals surface area contributed by atoms with Crippen LogP contribution in [0.3, 0.4) is 0 Å². The molecule has 0 aliphatic rings. The van der Waals surface area contributed by atoms with E-state index in [1.54, 1.807) is 0 Å². The van der Waals surface area contributed by atoms with Crippen LogP contribution in [-0.2, 0) is 22.8 Å². The molecular formula is C23H46O5Si. The number of hydrogen-bond donors (Lipinski definition) is 0. The van der Waals surface area contributed by atoms with Gasteiger partial charge >= 0.3 is 14.8 Å². The Hall–Kier alpha value is -0.693. The molecule has 0 saturated carbocycles. The quantitative estimate of drug-likeness (QED) is 0.0855. The highest BCUT2D eigenvalue weighted by Crippen LogP contribution is 2.21. The number of unbranched alkanes of at least 4 members (excludes halogenated alkanes) is 11. The molecule has 0 amide bonds. The second kappa shape index (κ2) is 20.6. The summed E-state index contributed by atoms with van der Waals surface area (Å²) in [4.78, 5) is 11.1. The number of hydrogen-bond acceptors (Lipinski definition) is 5. The minimum atomic E-state index is -2.69. The minimum Gasteiger partial charge on any atom is -0.460 e. The highest BCUT2D eigenvalue weighted by molar-refractivity contribution is 6.60. The van der Waals surface area contributed by atoms with E-state index in [-0.39, 0.29) is 6.61 Å². The van der Waals surface area contributed by atoms with Gasteiger partial charge < -0.3 is 18.0 Å². The summed E-state index contributed by atoms with van der Waals surface area (Å²) in [5, 5.41) is 0. The molecule has 0 aliphatic carbocycles. The molecule has 0 fully saturated rings. The molecule has 0 aliphatic heterocycles. The van der Waals surface area contributed by atoms with E-state index in [1.165, 1.54) is 70.6 Å². The molecule has 172 valence electrons. The zero-order valence-electron chi connectivity index (χ0n) is 19.3. The highest BCUT2D eigenvalue weighted by atomic mass is 28.4. The van der Waals surface area contributed by atoms with E-state index < -0.39 is 14.8 Å². The van der Waals surface area contributed by atoms with Gasteiger partial charge in [-0.05, 0) is 20.3 Å². The van der Waals surface area contributed by atoms with E-state index in [9.17, 15) is 4.79 Å². The first-order valence-corrected chi connectivity index (χ1v) is 13.8. The summed E-state index contributed by atoms with van der Waals surface area (Å²) >= 11 is 0. The molecule has 0 saturated heterocycles. The van der Waals surface area contributed by atoms with Gasteiger partial charge in [-0.25, -0.2) is 4.79 Å². The summed E-state index contributed by atoms with van der Waals surface area (Å²) < 4.78 is 22.9. The summed E-state index contributed by atoms with van der Waals surface area (Å²) in [5.74, 6) is -0.436. The van der Waals surface area contributed by atoms with Crippen molar-refractivity contribution in [3.05, 3.63) is 12.7 Å². The molecule has 5 nitrogen and oxygen atoms in total. The van der Waals surface area contributed by atoms with E-state index >= 15 is 0 Å². The number of rotatable bonds is 22. The van der Waals surface area contributed by atoms with Crippen molar-refractivity contribution in [2.75, 3.05) is 26.4 Å². The van der Waals surface area contributed by atoms with Gasteiger partial charge in [0, 0.05) is 25.3 Å². The zero-order valence-corrected chi connectivity index (χ0v) is 20.3. The van der Waals surface area contributed by atoms with Crippen molar-refractivity contribution in [1.82, 2.24) is 0 Å². The Bertz CT molecular complexity index is 383. The Morgan fingerprint density at radius 1 is 0.724 bits per heavy atom. The molecule has 0 atom stereocenters. The summed E-state index contributed by atoms with van der Waals surface area (Å²) in [6.07, 6.45) is 17.0. The SMILES string of the molecule is C=CC(=O)OCCO[Si](CCCCCCCCCCCCCC)(OCC)OCC. The van der Waals surface area contributed by atoms with Crippen LogP contribution in [0.15, 0.2) is 12.7 Å². The lowest BCUT2D eigenvalue weighted by Crippen LogP contribution is -2.46. The normalized spacial score (nSPS) is 11.6. The smallest absolute Gasteiger partial charge is 0.460 e. The van der Waals surface area contributed by atoms with Crippen LogP contribution in [0.2, 0.25) is 6.04 Å². The van der Waals surface area contributed by atoms with Crippen molar-refractivity contribution in [3.8, 4) is 0 Å². The Morgan fingerprint density at radius 2 is 1.21 bits per heavy atom. The van der Waals surface area contributed by atoms with Gasteiger partial charge in [-0.1, -0.05) is 84.1 Å². The van der Waals surface area contributed by atoms with Crippen molar-refractivity contribution >= 4 is 14.8 Å². The van der Waals surface area contributed by atoms with Gasteiger partial charge in [0.1, 0.15) is 6.61 Å². The summed E-state index contributed by atoms with van der Waals surface area (Å²) in [5.41, 5.74) is 0. The molecule has 0 spiro atoms. The molecule has 0 heterocycles. The maximum Gasteiger partial charge on any atom is 0.501 e. The van der Waals surface area contributed by atoms with Gasteiger partial charge in [0.2, 0.25) is 0 Å². The second-order valence-corrected chi connectivity index (χ2v) is 10.1. The van der Waals surface area contributed by atoms with Crippen molar-refractivity contribution in [2.45, 2.75) is 104 Å². The van der Waals surface area contributed by atoms with Crippen molar-refractivity contribution in [3.63, 3.8) is 0 Å². The third kappa shape index (κ3) is 16.8. The van der Waals surface area contributed by atoms with Crippen LogP contribution in [0.25, 0.3) is 0 Å². The molecule has 0 radical (unpaired) electrons. The maximum atomic E-state index is 11.1. The summed E-state index contributed by atoms with van der Waals surface area (Å²) in [6, 6.07) is 0.821. The number of ether oxygens (including phenoxy) is 1. The topological polar surface area (TPSA) is 54.0 Å². The largest absolute Gasteiger partial charge is 0.501 e. The fraction of sp³-hybridized carbons (Fsp3) is 0.870. The third-order valence-electron chi connectivity index (χ3n) is 4.88. The Morgan fingerprint density at radius 3 is 1.66 bits per heavy atom. The molecule has 0 N–H and O–H groups in total. The highest BCUT2D eigenvalue weighted by Gasteiger charge is 2.40. The lowest BCUT2D eigenvalue weighted by molar-refractivity contribution is -0.138. The predicted molar refractivity (Wildman–Crippen MR) is 122 cm³/mol. The molecule has 0 aromatic rings. The average molecular weight is 431 g/mol. The van der Waals surface area contributed by atoms with Crippen LogP contribution in [0.4, 0.5) is 0 Å². The van der Waals surface area contributed by atoms with Crippen LogP contribution in [0.1, 0.15) is 97.8 Å². The fourth-order valence-corrected chi connectivity index (χ4v) is 6.00. The predicted octanol–water partition coefficient (Wildman–Crippen LogP) is 6.45. The third-order valence-corrected chi connectivity index (χ3v) is 7.95. The average Bonchev–Trinajstić information content (AvgIpc) is 2.72. The molecule has 0 aromatic carbocycles. The Balaban J connectivity index is 3.95. The number of esters is 1. The first-order valence-electron chi connectivity index (χ1n) is 11.8. The van der Waals surface area contributed by atoms with Crippen molar-refractivity contribution in [2.24, 2.45) is 0 Å². The molecule has 0 unspecified atom stereocenters. The van der Waals surface area contributed by atoms with E-state index in [0.29, 0.717) is 19.8 Å². The van der Waals surface area contributed by atoms with Gasteiger partial charge in [-0.15, -0.1) is 0 Å². The van der Waals surface area contributed by atoms with Gasteiger partial charge in [0.25, 0.3) is 0 Å². The lowest BCUT2D eigenvalue weighted by Gasteiger charge is -2.29. The van der Waals surface area contributed by atoms with Crippen LogP contribution < -0.4 is 0 Å². The van der Waals surface area contributed by atoms with Crippen molar-refractivity contribution in [1.29, 1.82) is 0 Å². The summed E-state index contributed by atoms with van der Waals surface area (Å²) in [6.45, 7) is 11.2. The standard InChI is InChI=1S/C23H46O5Si/c1-5-9-10-11-12-13-14-15-16-17-18-19-22-29(26-7-3,27-8-4)28-21-20-25-23(24)6-2/h6H,2,5,7-22H2,1,3-4H3. The van der Waals surface area contributed by atoms with E-state index in [4.69, 9.17) is 18.0 Å². The number of carbonyl (C=O) groups is 1. The van der Waals surface area contributed by atoms with Gasteiger partial charge in [-0.2, -0.15) is 0 Å².